The monoisotopic (exact) mass is 600 g/mol. The summed E-state index contributed by atoms with van der Waals surface area (Å²) >= 11 is 0. The zero-order valence-electron chi connectivity index (χ0n) is 26.8. The summed E-state index contributed by atoms with van der Waals surface area (Å²) < 4.78 is 12.3. The third-order valence-electron chi connectivity index (χ3n) is 8.45. The molecule has 0 aliphatic carbocycles. The van der Waals surface area contributed by atoms with Crippen molar-refractivity contribution in [3.63, 3.8) is 0 Å². The SMILES string of the molecule is CCC(CC)NC(=O)Nc1ccc(Oc2ccc(NC(=O)c3ccc(OC4CCN(C(CC)CC)CC4)cc3)cc2C)cc1. The van der Waals surface area contributed by atoms with E-state index in [4.69, 9.17) is 9.47 Å². The van der Waals surface area contributed by atoms with Crippen molar-refractivity contribution in [2.24, 2.45) is 0 Å². The Morgan fingerprint density at radius 2 is 1.41 bits per heavy atom. The second-order valence-electron chi connectivity index (χ2n) is 11.5. The standard InChI is InChI=1S/C36H48N4O4/c1-6-27(7-2)38-36(42)39-28-12-17-32(18-13-28)44-34-19-14-29(24-25(34)5)37-35(41)26-10-15-31(16-11-26)43-33-20-22-40(23-21-33)30(8-3)9-4/h10-19,24,27,30,33H,6-9,20-23H2,1-5H3,(H,37,41)(H2,38,39,42). The number of benzene rings is 3. The second kappa shape index (κ2) is 16.1. The first-order chi connectivity index (χ1) is 21.3. The number of hydrogen-bond donors (Lipinski definition) is 3. The van der Waals surface area contributed by atoms with Crippen molar-refractivity contribution in [1.29, 1.82) is 0 Å². The van der Waals surface area contributed by atoms with E-state index in [9.17, 15) is 9.59 Å². The molecule has 3 amide bonds. The number of carbonyl (C=O) groups is 2. The zero-order chi connectivity index (χ0) is 31.5. The number of hydrogen-bond acceptors (Lipinski definition) is 5. The molecule has 1 aliphatic rings. The van der Waals surface area contributed by atoms with Gasteiger partial charge in [0.1, 0.15) is 23.4 Å². The number of aryl methyl sites for hydroxylation is 1. The van der Waals surface area contributed by atoms with Gasteiger partial charge in [-0.05, 0) is 118 Å². The van der Waals surface area contributed by atoms with Crippen LogP contribution in [0.2, 0.25) is 0 Å². The van der Waals surface area contributed by atoms with E-state index in [1.165, 1.54) is 12.8 Å². The van der Waals surface area contributed by atoms with Gasteiger partial charge in [0.25, 0.3) is 5.91 Å². The summed E-state index contributed by atoms with van der Waals surface area (Å²) in [5.41, 5.74) is 2.83. The van der Waals surface area contributed by atoms with Crippen molar-refractivity contribution >= 4 is 23.3 Å². The van der Waals surface area contributed by atoms with E-state index in [-0.39, 0.29) is 24.1 Å². The molecule has 8 nitrogen and oxygen atoms in total. The number of amides is 3. The molecule has 236 valence electrons. The fraction of sp³-hybridized carbons (Fsp3) is 0.444. The Kier molecular flexibility index (Phi) is 12.1. The topological polar surface area (TPSA) is 91.9 Å². The van der Waals surface area contributed by atoms with Crippen molar-refractivity contribution in [3.05, 3.63) is 77.9 Å². The largest absolute Gasteiger partial charge is 0.490 e. The highest BCUT2D eigenvalue weighted by molar-refractivity contribution is 6.04. The van der Waals surface area contributed by atoms with E-state index in [2.05, 4.69) is 48.5 Å². The quantitative estimate of drug-likeness (QED) is 0.183. The van der Waals surface area contributed by atoms with Crippen LogP contribution in [0.25, 0.3) is 0 Å². The second-order valence-corrected chi connectivity index (χ2v) is 11.5. The molecule has 0 bridgehead atoms. The Morgan fingerprint density at radius 3 is 2.00 bits per heavy atom. The number of ether oxygens (including phenoxy) is 2. The number of anilines is 2. The molecule has 1 saturated heterocycles. The Bertz CT molecular complexity index is 1340. The molecule has 44 heavy (non-hydrogen) atoms. The maximum absolute atomic E-state index is 12.9. The molecule has 0 aromatic heterocycles. The van der Waals surface area contributed by atoms with Crippen LogP contribution in [0.1, 0.15) is 82.1 Å². The highest BCUT2D eigenvalue weighted by Crippen LogP contribution is 2.29. The van der Waals surface area contributed by atoms with Gasteiger partial charge in [-0.2, -0.15) is 0 Å². The van der Waals surface area contributed by atoms with Crippen LogP contribution in [0.15, 0.2) is 66.7 Å². The van der Waals surface area contributed by atoms with Crippen molar-refractivity contribution in [3.8, 4) is 17.2 Å². The maximum atomic E-state index is 12.9. The summed E-state index contributed by atoms with van der Waals surface area (Å²) in [7, 11) is 0. The minimum Gasteiger partial charge on any atom is -0.490 e. The average molecular weight is 601 g/mol. The molecule has 3 aromatic carbocycles. The van der Waals surface area contributed by atoms with Crippen LogP contribution in [-0.4, -0.2) is 48.1 Å². The van der Waals surface area contributed by atoms with Crippen molar-refractivity contribution in [2.75, 3.05) is 23.7 Å². The highest BCUT2D eigenvalue weighted by Gasteiger charge is 2.24. The van der Waals surface area contributed by atoms with E-state index in [1.54, 1.807) is 12.1 Å². The molecular weight excluding hydrogens is 552 g/mol. The Labute approximate surface area is 262 Å². The van der Waals surface area contributed by atoms with E-state index >= 15 is 0 Å². The Hall–Kier alpha value is -4.04. The number of nitrogens with one attached hydrogen (secondary N) is 3. The van der Waals surface area contributed by atoms with Gasteiger partial charge in [-0.15, -0.1) is 0 Å². The van der Waals surface area contributed by atoms with Crippen LogP contribution in [0.5, 0.6) is 17.2 Å². The van der Waals surface area contributed by atoms with Gasteiger partial charge < -0.3 is 30.3 Å². The third-order valence-corrected chi connectivity index (χ3v) is 8.45. The van der Waals surface area contributed by atoms with Crippen LogP contribution in [-0.2, 0) is 0 Å². The number of piperidine rings is 1. The van der Waals surface area contributed by atoms with Gasteiger partial charge in [-0.1, -0.05) is 27.7 Å². The summed E-state index contributed by atoms with van der Waals surface area (Å²) in [6.07, 6.45) is 6.42. The normalized spacial score (nSPS) is 14.0. The molecule has 1 fully saturated rings. The molecule has 1 aliphatic heterocycles. The van der Waals surface area contributed by atoms with Gasteiger partial charge in [-0.3, -0.25) is 4.79 Å². The van der Waals surface area contributed by atoms with E-state index in [0.29, 0.717) is 34.5 Å². The van der Waals surface area contributed by atoms with Gasteiger partial charge in [-0.25, -0.2) is 4.79 Å². The van der Waals surface area contributed by atoms with Crippen LogP contribution in [0, 0.1) is 6.92 Å². The molecule has 0 saturated carbocycles. The molecule has 0 radical (unpaired) electrons. The maximum Gasteiger partial charge on any atom is 0.319 e. The van der Waals surface area contributed by atoms with Crippen molar-refractivity contribution in [1.82, 2.24) is 10.2 Å². The van der Waals surface area contributed by atoms with E-state index in [1.807, 2.05) is 61.5 Å². The van der Waals surface area contributed by atoms with Crippen LogP contribution >= 0.6 is 0 Å². The summed E-state index contributed by atoms with van der Waals surface area (Å²) in [6, 6.07) is 20.8. The lowest BCUT2D eigenvalue weighted by molar-refractivity contribution is 0.0726. The minimum atomic E-state index is -0.214. The molecule has 0 unspecified atom stereocenters. The summed E-state index contributed by atoms with van der Waals surface area (Å²) in [5.74, 6) is 1.95. The van der Waals surface area contributed by atoms with Crippen LogP contribution in [0.4, 0.5) is 16.2 Å². The Morgan fingerprint density at radius 1 is 0.795 bits per heavy atom. The molecule has 0 atom stereocenters. The van der Waals surface area contributed by atoms with Gasteiger partial charge >= 0.3 is 6.03 Å². The van der Waals surface area contributed by atoms with Crippen molar-refractivity contribution < 1.29 is 19.1 Å². The minimum absolute atomic E-state index is 0.158. The molecule has 3 aromatic rings. The number of rotatable bonds is 13. The average Bonchev–Trinajstić information content (AvgIpc) is 3.03. The fourth-order valence-electron chi connectivity index (χ4n) is 5.66. The Balaban J connectivity index is 1.26. The number of carbonyl (C=O) groups excluding carboxylic acids is 2. The third kappa shape index (κ3) is 9.23. The molecular formula is C36H48N4O4. The highest BCUT2D eigenvalue weighted by atomic mass is 16.5. The van der Waals surface area contributed by atoms with E-state index < -0.39 is 0 Å². The van der Waals surface area contributed by atoms with Gasteiger partial charge in [0.05, 0.1) is 0 Å². The predicted molar refractivity (Wildman–Crippen MR) is 178 cm³/mol. The molecule has 8 heteroatoms. The smallest absolute Gasteiger partial charge is 0.319 e. The lowest BCUT2D eigenvalue weighted by Gasteiger charge is -2.36. The summed E-state index contributed by atoms with van der Waals surface area (Å²) in [6.45, 7) is 12.7. The lowest BCUT2D eigenvalue weighted by Crippen LogP contribution is -2.43. The van der Waals surface area contributed by atoms with Crippen molar-refractivity contribution in [2.45, 2.75) is 91.3 Å². The van der Waals surface area contributed by atoms with Gasteiger partial charge in [0, 0.05) is 42.1 Å². The summed E-state index contributed by atoms with van der Waals surface area (Å²) in [4.78, 5) is 27.7. The van der Waals surface area contributed by atoms with Gasteiger partial charge in [0.15, 0.2) is 0 Å². The summed E-state index contributed by atoms with van der Waals surface area (Å²) in [5, 5.41) is 8.80. The number of urea groups is 1. The first kappa shape index (κ1) is 32.9. The lowest BCUT2D eigenvalue weighted by atomic mass is 10.0. The van der Waals surface area contributed by atoms with E-state index in [0.717, 1.165) is 50.1 Å². The molecule has 0 spiro atoms. The molecule has 4 rings (SSSR count). The van der Waals surface area contributed by atoms with Crippen LogP contribution in [0.3, 0.4) is 0 Å². The predicted octanol–water partition coefficient (Wildman–Crippen LogP) is 8.38. The number of nitrogens with zero attached hydrogens (tertiary/aromatic N) is 1. The zero-order valence-corrected chi connectivity index (χ0v) is 26.8. The first-order valence-corrected chi connectivity index (χ1v) is 16.1. The fourth-order valence-corrected chi connectivity index (χ4v) is 5.66. The molecule has 3 N–H and O–H groups in total. The first-order valence-electron chi connectivity index (χ1n) is 16.1. The van der Waals surface area contributed by atoms with Crippen LogP contribution < -0.4 is 25.4 Å². The number of likely N-dealkylation sites (tertiary alicyclic amines) is 1. The molecule has 1 heterocycles. The van der Waals surface area contributed by atoms with Gasteiger partial charge in [0.2, 0.25) is 0 Å².